The maximum atomic E-state index is 14.4. The molecule has 0 saturated carbocycles. The third-order valence-corrected chi connectivity index (χ3v) is 10.1. The van der Waals surface area contributed by atoms with Crippen LogP contribution in [0, 0.1) is 0 Å². The highest BCUT2D eigenvalue weighted by atomic mass is 79.9. The summed E-state index contributed by atoms with van der Waals surface area (Å²) in [6, 6.07) is 22.2. The first-order chi connectivity index (χ1) is 26.1. The molecule has 0 fully saturated rings. The van der Waals surface area contributed by atoms with Crippen molar-refractivity contribution in [2.24, 2.45) is 4.99 Å². The Morgan fingerprint density at radius 2 is 1.63 bits per heavy atom. The second-order valence-electron chi connectivity index (χ2n) is 12.0. The van der Waals surface area contributed by atoms with Crippen LogP contribution in [0.1, 0.15) is 50.4 Å². The summed E-state index contributed by atoms with van der Waals surface area (Å²) >= 11 is 4.88. The molecule has 280 valence electrons. The molecule has 1 atom stereocenters. The Balaban J connectivity index is 1.40. The van der Waals surface area contributed by atoms with Gasteiger partial charge in [0.25, 0.3) is 5.56 Å². The van der Waals surface area contributed by atoms with Gasteiger partial charge in [-0.1, -0.05) is 53.8 Å². The number of aromatic nitrogens is 1. The van der Waals surface area contributed by atoms with Gasteiger partial charge in [-0.05, 0) is 107 Å². The molecule has 1 aliphatic rings. The Kier molecular flexibility index (Phi) is 12.2. The highest BCUT2D eigenvalue weighted by Gasteiger charge is 2.34. The zero-order chi connectivity index (χ0) is 38.4. The van der Waals surface area contributed by atoms with Crippen LogP contribution in [0.2, 0.25) is 0 Å². The average molecular weight is 816 g/mol. The third-order valence-electron chi connectivity index (χ3n) is 8.50. The molecule has 0 aliphatic carbocycles. The Morgan fingerprint density at radius 1 is 0.870 bits per heavy atom. The van der Waals surface area contributed by atoms with E-state index in [9.17, 15) is 14.4 Å². The molecule has 0 bridgehead atoms. The van der Waals surface area contributed by atoms with E-state index in [0.29, 0.717) is 73.4 Å². The minimum absolute atomic E-state index is 0.135. The fourth-order valence-corrected chi connectivity index (χ4v) is 7.72. The zero-order valence-electron chi connectivity index (χ0n) is 30.5. The van der Waals surface area contributed by atoms with E-state index in [-0.39, 0.29) is 24.3 Å². The molecule has 4 aromatic carbocycles. The summed E-state index contributed by atoms with van der Waals surface area (Å²) in [4.78, 5) is 44.7. The van der Waals surface area contributed by atoms with Crippen molar-refractivity contribution in [1.82, 2.24) is 4.57 Å². The minimum Gasteiger partial charge on any atom is -0.490 e. The number of hydrogen-bond donors (Lipinski definition) is 0. The van der Waals surface area contributed by atoms with E-state index < -0.39 is 18.0 Å². The molecular weight excluding hydrogens is 776 g/mol. The van der Waals surface area contributed by atoms with Crippen LogP contribution in [0.15, 0.2) is 98.3 Å². The van der Waals surface area contributed by atoms with Gasteiger partial charge in [0.05, 0.1) is 53.2 Å². The van der Waals surface area contributed by atoms with Gasteiger partial charge in [0, 0.05) is 0 Å². The number of methoxy groups -OCH3 is 1. The molecule has 0 radical (unpaired) electrons. The van der Waals surface area contributed by atoms with Crippen molar-refractivity contribution in [3.05, 3.63) is 125 Å². The van der Waals surface area contributed by atoms with E-state index in [1.165, 1.54) is 23.0 Å². The Hall–Kier alpha value is -5.40. The maximum absolute atomic E-state index is 14.4. The van der Waals surface area contributed by atoms with E-state index >= 15 is 0 Å². The summed E-state index contributed by atoms with van der Waals surface area (Å²) in [7, 11) is 1.27. The van der Waals surface area contributed by atoms with Crippen LogP contribution in [0.4, 0.5) is 0 Å². The van der Waals surface area contributed by atoms with E-state index in [2.05, 4.69) is 40.2 Å². The summed E-state index contributed by atoms with van der Waals surface area (Å²) in [6.07, 6.45) is 1.76. The zero-order valence-corrected chi connectivity index (χ0v) is 32.9. The van der Waals surface area contributed by atoms with Crippen molar-refractivity contribution in [2.45, 2.75) is 40.3 Å². The number of thiazole rings is 1. The number of rotatable bonds is 14. The number of fused-ring (bicyclic) bond motifs is 2. The minimum atomic E-state index is -0.895. The van der Waals surface area contributed by atoms with E-state index in [4.69, 9.17) is 33.4 Å². The molecule has 11 nitrogen and oxygen atoms in total. The van der Waals surface area contributed by atoms with Crippen molar-refractivity contribution in [3.63, 3.8) is 0 Å². The molecule has 0 amide bonds. The molecular formula is C41H39BrN2O9S. The average Bonchev–Trinajstić information content (AvgIpc) is 3.46. The monoisotopic (exact) mass is 814 g/mol. The van der Waals surface area contributed by atoms with Crippen LogP contribution < -0.4 is 33.8 Å². The number of nitrogens with zero attached hydrogens (tertiary/aromatic N) is 2. The van der Waals surface area contributed by atoms with Crippen molar-refractivity contribution >= 4 is 56.1 Å². The maximum Gasteiger partial charge on any atom is 0.343 e. The topological polar surface area (TPSA) is 124 Å². The van der Waals surface area contributed by atoms with Crippen LogP contribution in [-0.2, 0) is 25.7 Å². The molecule has 0 saturated heterocycles. The van der Waals surface area contributed by atoms with Gasteiger partial charge in [0.15, 0.2) is 34.4 Å². The number of hydrogen-bond acceptors (Lipinski definition) is 11. The summed E-state index contributed by atoms with van der Waals surface area (Å²) < 4.78 is 36.5. The number of halogens is 1. The van der Waals surface area contributed by atoms with Gasteiger partial charge in [-0.15, -0.1) is 0 Å². The standard InChI is InChI=1S/C41H39BrN2O9S/c1-6-49-32-21-29(15-16-31(32)52-23-35(45)48-5)37-36(40(47)51-8-3)24(4)43-41-44(37)39(46)34(54-41)20-26-18-30(42)38(33(19-26)50-7-2)53-22-25-13-14-27-11-9-10-12-28(27)17-25/h9-21,37H,6-8,22-23H2,1-5H3/b34-20-/t37-/m1/s1. The number of allylic oxidation sites excluding steroid dienone is 1. The lowest BCUT2D eigenvalue weighted by atomic mass is 9.95. The van der Waals surface area contributed by atoms with Crippen molar-refractivity contribution in [1.29, 1.82) is 0 Å². The first-order valence-corrected chi connectivity index (χ1v) is 19.0. The van der Waals surface area contributed by atoms with Gasteiger partial charge in [-0.3, -0.25) is 9.36 Å². The van der Waals surface area contributed by atoms with Gasteiger partial charge in [-0.2, -0.15) is 0 Å². The Morgan fingerprint density at radius 3 is 2.37 bits per heavy atom. The lowest BCUT2D eigenvalue weighted by Gasteiger charge is -2.25. The molecule has 54 heavy (non-hydrogen) atoms. The fraction of sp³-hybridized carbons (Fsp3) is 0.268. The van der Waals surface area contributed by atoms with Crippen LogP contribution in [0.5, 0.6) is 23.0 Å². The summed E-state index contributed by atoms with van der Waals surface area (Å²) in [5.74, 6) is 0.546. The SMILES string of the molecule is CCOC(=O)C1=C(C)N=c2s/c(=C\c3cc(Br)c(OCc4ccc5ccccc5c4)c(OCC)c3)c(=O)n2[C@@H]1c1ccc(OCC(=O)OC)c(OCC)c1. The van der Waals surface area contributed by atoms with Crippen molar-refractivity contribution in [2.75, 3.05) is 33.5 Å². The lowest BCUT2D eigenvalue weighted by Crippen LogP contribution is -2.40. The molecule has 13 heteroatoms. The quantitative estimate of drug-likeness (QED) is 0.114. The molecule has 0 N–H and O–H groups in total. The predicted molar refractivity (Wildman–Crippen MR) is 209 cm³/mol. The second-order valence-corrected chi connectivity index (χ2v) is 13.9. The number of esters is 2. The van der Waals surface area contributed by atoms with E-state index in [1.54, 1.807) is 38.1 Å². The fourth-order valence-electron chi connectivity index (χ4n) is 6.09. The number of ether oxygens (including phenoxy) is 6. The third kappa shape index (κ3) is 8.22. The van der Waals surface area contributed by atoms with Gasteiger partial charge in [0.2, 0.25) is 0 Å². The number of carbonyl (C=O) groups is 2. The second kappa shape index (κ2) is 17.2. The van der Waals surface area contributed by atoms with Gasteiger partial charge >= 0.3 is 11.9 Å². The highest BCUT2D eigenvalue weighted by molar-refractivity contribution is 9.10. The van der Waals surface area contributed by atoms with Gasteiger partial charge in [0.1, 0.15) is 6.61 Å². The van der Waals surface area contributed by atoms with E-state index in [0.717, 1.165) is 16.3 Å². The molecule has 0 spiro atoms. The summed E-state index contributed by atoms with van der Waals surface area (Å²) in [6.45, 7) is 7.98. The molecule has 5 aromatic rings. The van der Waals surface area contributed by atoms with Crippen molar-refractivity contribution in [3.8, 4) is 23.0 Å². The van der Waals surface area contributed by atoms with Crippen LogP contribution in [0.25, 0.3) is 16.8 Å². The van der Waals surface area contributed by atoms with Crippen LogP contribution >= 0.6 is 27.3 Å². The largest absolute Gasteiger partial charge is 0.490 e. The Labute approximate surface area is 324 Å². The first-order valence-electron chi connectivity index (χ1n) is 17.4. The number of benzene rings is 4. The lowest BCUT2D eigenvalue weighted by molar-refractivity contribution is -0.143. The normalized spacial score (nSPS) is 14.0. The Bertz CT molecular complexity index is 2440. The number of carbonyl (C=O) groups excluding carboxylic acids is 2. The first kappa shape index (κ1) is 38.3. The summed E-state index contributed by atoms with van der Waals surface area (Å²) in [5, 5.41) is 2.28. The van der Waals surface area contributed by atoms with Gasteiger partial charge in [-0.25, -0.2) is 14.6 Å². The molecule has 1 aliphatic heterocycles. The van der Waals surface area contributed by atoms with Crippen molar-refractivity contribution < 1.29 is 38.0 Å². The molecule has 1 aromatic heterocycles. The summed E-state index contributed by atoms with van der Waals surface area (Å²) in [5.41, 5.74) is 2.55. The molecule has 0 unspecified atom stereocenters. The van der Waals surface area contributed by atoms with Gasteiger partial charge < -0.3 is 28.4 Å². The predicted octanol–water partition coefficient (Wildman–Crippen LogP) is 6.64. The van der Waals surface area contributed by atoms with E-state index in [1.807, 2.05) is 44.2 Å². The molecule has 6 rings (SSSR count). The highest BCUT2D eigenvalue weighted by Crippen LogP contribution is 2.39. The smallest absolute Gasteiger partial charge is 0.343 e. The molecule has 2 heterocycles. The van der Waals surface area contributed by atoms with Crippen LogP contribution in [-0.4, -0.2) is 50.0 Å². The van der Waals surface area contributed by atoms with Crippen LogP contribution in [0.3, 0.4) is 0 Å².